The lowest BCUT2D eigenvalue weighted by Crippen LogP contribution is -1.91. The largest absolute Gasteiger partial charge is 0.324 e. The lowest BCUT2D eigenvalue weighted by atomic mass is 10.1. The van der Waals surface area contributed by atoms with Crippen molar-refractivity contribution in [1.82, 2.24) is 4.57 Å². The number of hydrogen-bond donors (Lipinski definition) is 0. The van der Waals surface area contributed by atoms with Gasteiger partial charge in [-0.25, -0.2) is 0 Å². The fourth-order valence-electron chi connectivity index (χ4n) is 2.23. The number of nitrogens with zero attached hydrogens (tertiary/aromatic N) is 1. The zero-order chi connectivity index (χ0) is 9.38. The Morgan fingerprint density at radius 3 is 2.57 bits per heavy atom. The second-order valence-electron chi connectivity index (χ2n) is 3.90. The van der Waals surface area contributed by atoms with Crippen LogP contribution in [0.3, 0.4) is 0 Å². The van der Waals surface area contributed by atoms with E-state index in [1.54, 1.807) is 5.56 Å². The maximum atomic E-state index is 2.32. The van der Waals surface area contributed by atoms with Crippen LogP contribution in [0.25, 0.3) is 5.69 Å². The number of aromatic nitrogens is 1. The number of hydrogen-bond acceptors (Lipinski definition) is 0. The maximum Gasteiger partial charge on any atom is 0.0452 e. The fourth-order valence-corrected chi connectivity index (χ4v) is 2.23. The molecule has 0 fully saturated rings. The first-order chi connectivity index (χ1) is 6.93. The molecule has 1 aromatic heterocycles. The molecule has 0 atom stereocenters. The summed E-state index contributed by atoms with van der Waals surface area (Å²) in [5.41, 5.74) is 4.37. The Labute approximate surface area is 84.0 Å². The van der Waals surface area contributed by atoms with Crippen molar-refractivity contribution in [2.24, 2.45) is 0 Å². The van der Waals surface area contributed by atoms with Crippen molar-refractivity contribution in [2.75, 3.05) is 0 Å². The van der Waals surface area contributed by atoms with Crippen LogP contribution < -0.4 is 0 Å². The van der Waals surface area contributed by atoms with Gasteiger partial charge >= 0.3 is 0 Å². The molecule has 0 amide bonds. The molecule has 14 heavy (non-hydrogen) atoms. The topological polar surface area (TPSA) is 4.93 Å². The summed E-state index contributed by atoms with van der Waals surface area (Å²) in [4.78, 5) is 0. The van der Waals surface area contributed by atoms with E-state index in [0.29, 0.717) is 0 Å². The van der Waals surface area contributed by atoms with Crippen LogP contribution in [0, 0.1) is 0 Å². The predicted octanol–water partition coefficient (Wildman–Crippen LogP) is 2.97. The Kier molecular flexibility index (Phi) is 1.69. The molecule has 0 saturated carbocycles. The highest BCUT2D eigenvalue weighted by Gasteiger charge is 2.10. The maximum absolute atomic E-state index is 2.32. The van der Waals surface area contributed by atoms with Gasteiger partial charge in [-0.15, -0.1) is 0 Å². The molecule has 1 heterocycles. The number of aryl methyl sites for hydroxylation is 2. The van der Waals surface area contributed by atoms with Crippen LogP contribution in [0.4, 0.5) is 0 Å². The third-order valence-corrected chi connectivity index (χ3v) is 2.98. The summed E-state index contributed by atoms with van der Waals surface area (Å²) < 4.78 is 2.17. The Hall–Kier alpha value is -1.50. The summed E-state index contributed by atoms with van der Waals surface area (Å²) in [6.07, 6.45) is 8.03. The van der Waals surface area contributed by atoms with Gasteiger partial charge in [-0.2, -0.15) is 0 Å². The Morgan fingerprint density at radius 2 is 1.71 bits per heavy atom. The van der Waals surface area contributed by atoms with E-state index in [1.165, 1.54) is 30.5 Å². The first kappa shape index (κ1) is 7.86. The predicted molar refractivity (Wildman–Crippen MR) is 57.8 cm³/mol. The van der Waals surface area contributed by atoms with Crippen LogP contribution in [0.1, 0.15) is 17.5 Å². The van der Waals surface area contributed by atoms with Crippen molar-refractivity contribution in [2.45, 2.75) is 19.3 Å². The average Bonchev–Trinajstić information content (AvgIpc) is 2.88. The van der Waals surface area contributed by atoms with E-state index >= 15 is 0 Å². The molecule has 0 spiro atoms. The Morgan fingerprint density at radius 1 is 0.929 bits per heavy atom. The monoisotopic (exact) mass is 183 g/mol. The van der Waals surface area contributed by atoms with Crippen molar-refractivity contribution < 1.29 is 0 Å². The minimum atomic E-state index is 1.25. The molecule has 0 radical (unpaired) electrons. The minimum Gasteiger partial charge on any atom is -0.324 e. The van der Waals surface area contributed by atoms with E-state index in [1.807, 2.05) is 0 Å². The first-order valence-electron chi connectivity index (χ1n) is 5.19. The quantitative estimate of drug-likeness (QED) is 0.640. The number of rotatable bonds is 1. The zero-order valence-electron chi connectivity index (χ0n) is 8.11. The lowest BCUT2D eigenvalue weighted by Gasteiger charge is -2.05. The molecule has 2 aromatic rings. The van der Waals surface area contributed by atoms with Crippen LogP contribution in [-0.2, 0) is 12.8 Å². The molecule has 3 rings (SSSR count). The van der Waals surface area contributed by atoms with Crippen LogP contribution in [0.2, 0.25) is 0 Å². The summed E-state index contributed by atoms with van der Waals surface area (Å²) in [5.74, 6) is 0. The Bertz CT molecular complexity index is 440. The second-order valence-corrected chi connectivity index (χ2v) is 3.90. The van der Waals surface area contributed by atoms with Crippen LogP contribution in [0.5, 0.6) is 0 Å². The normalized spacial score (nSPS) is 14.3. The minimum absolute atomic E-state index is 1.25. The van der Waals surface area contributed by atoms with Crippen molar-refractivity contribution in [3.63, 3.8) is 0 Å². The van der Waals surface area contributed by atoms with Gasteiger partial charge in [0.05, 0.1) is 0 Å². The standard InChI is InChI=1S/C13H13N/c1-2-9-14(8-1)13-7-6-11-4-3-5-12(11)10-13/h1-2,6-10H,3-5H2. The fraction of sp³-hybridized carbons (Fsp3) is 0.231. The van der Waals surface area contributed by atoms with Gasteiger partial charge in [-0.05, 0) is 54.7 Å². The second kappa shape index (κ2) is 3.02. The molecule has 0 saturated heterocycles. The summed E-state index contributed by atoms with van der Waals surface area (Å²) >= 11 is 0. The number of benzene rings is 1. The van der Waals surface area contributed by atoms with Crippen molar-refractivity contribution in [3.8, 4) is 5.69 Å². The highest BCUT2D eigenvalue weighted by Crippen LogP contribution is 2.24. The molecular formula is C13H13N. The summed E-state index contributed by atoms with van der Waals surface area (Å²) in [6, 6.07) is 10.9. The SMILES string of the molecule is c1ccn(-c2ccc3c(c2)CCC3)c1. The molecule has 0 aliphatic heterocycles. The molecule has 1 aliphatic carbocycles. The molecule has 1 aromatic carbocycles. The molecule has 0 bridgehead atoms. The van der Waals surface area contributed by atoms with E-state index in [9.17, 15) is 0 Å². The molecule has 1 aliphatic rings. The summed E-state index contributed by atoms with van der Waals surface area (Å²) in [6.45, 7) is 0. The van der Waals surface area contributed by atoms with Gasteiger partial charge in [0.15, 0.2) is 0 Å². The molecule has 0 N–H and O–H groups in total. The van der Waals surface area contributed by atoms with E-state index < -0.39 is 0 Å². The molecule has 1 nitrogen and oxygen atoms in total. The highest BCUT2D eigenvalue weighted by molar-refractivity contribution is 5.43. The van der Waals surface area contributed by atoms with E-state index in [-0.39, 0.29) is 0 Å². The molecular weight excluding hydrogens is 170 g/mol. The van der Waals surface area contributed by atoms with Gasteiger partial charge in [0.1, 0.15) is 0 Å². The first-order valence-corrected chi connectivity index (χ1v) is 5.19. The van der Waals surface area contributed by atoms with E-state index in [4.69, 9.17) is 0 Å². The summed E-state index contributed by atoms with van der Waals surface area (Å²) in [7, 11) is 0. The summed E-state index contributed by atoms with van der Waals surface area (Å²) in [5, 5.41) is 0. The van der Waals surface area contributed by atoms with Crippen LogP contribution >= 0.6 is 0 Å². The van der Waals surface area contributed by atoms with Crippen molar-refractivity contribution in [3.05, 3.63) is 53.9 Å². The van der Waals surface area contributed by atoms with Crippen molar-refractivity contribution in [1.29, 1.82) is 0 Å². The smallest absolute Gasteiger partial charge is 0.0452 e. The van der Waals surface area contributed by atoms with Crippen molar-refractivity contribution >= 4 is 0 Å². The van der Waals surface area contributed by atoms with Gasteiger partial charge in [-0.1, -0.05) is 6.07 Å². The van der Waals surface area contributed by atoms with Gasteiger partial charge in [0, 0.05) is 18.1 Å². The zero-order valence-corrected chi connectivity index (χ0v) is 8.11. The molecule has 70 valence electrons. The third-order valence-electron chi connectivity index (χ3n) is 2.98. The van der Waals surface area contributed by atoms with Gasteiger partial charge in [-0.3, -0.25) is 0 Å². The van der Waals surface area contributed by atoms with Gasteiger partial charge < -0.3 is 4.57 Å². The molecule has 0 unspecified atom stereocenters. The van der Waals surface area contributed by atoms with Crippen LogP contribution in [-0.4, -0.2) is 4.57 Å². The molecule has 1 heteroatoms. The average molecular weight is 183 g/mol. The Balaban J connectivity index is 2.09. The van der Waals surface area contributed by atoms with Gasteiger partial charge in [0.25, 0.3) is 0 Å². The lowest BCUT2D eigenvalue weighted by molar-refractivity contribution is 0.911. The number of fused-ring (bicyclic) bond motifs is 1. The van der Waals surface area contributed by atoms with E-state index in [2.05, 4.69) is 47.3 Å². The third kappa shape index (κ3) is 1.17. The van der Waals surface area contributed by atoms with Gasteiger partial charge in [0.2, 0.25) is 0 Å². The highest BCUT2D eigenvalue weighted by atomic mass is 14.9. The van der Waals surface area contributed by atoms with E-state index in [0.717, 1.165) is 0 Å². The van der Waals surface area contributed by atoms with Crippen LogP contribution in [0.15, 0.2) is 42.7 Å².